The fraction of sp³-hybridized carbons (Fsp3) is 0.667. The average molecular weight is 440 g/mol. The molecule has 0 aliphatic heterocycles. The van der Waals surface area contributed by atoms with E-state index in [1.54, 1.807) is 32.9 Å². The van der Waals surface area contributed by atoms with E-state index in [1.807, 2.05) is 0 Å². The van der Waals surface area contributed by atoms with Gasteiger partial charge in [0, 0.05) is 18.0 Å². The van der Waals surface area contributed by atoms with Gasteiger partial charge in [0.05, 0.1) is 17.0 Å². The van der Waals surface area contributed by atoms with Crippen LogP contribution in [0.25, 0.3) is 0 Å². The first-order valence-corrected chi connectivity index (χ1v) is 12.0. The fourth-order valence-electron chi connectivity index (χ4n) is 3.22. The highest BCUT2D eigenvalue weighted by atomic mass is 32.2. The summed E-state index contributed by atoms with van der Waals surface area (Å²) in [6, 6.07) is 4.69. The number of ether oxygens (including phenoxy) is 1. The smallest absolute Gasteiger partial charge is 0.227 e. The summed E-state index contributed by atoms with van der Waals surface area (Å²) in [7, 11) is -3.41. The maximum absolute atomic E-state index is 12.7. The third-order valence-corrected chi connectivity index (χ3v) is 7.57. The van der Waals surface area contributed by atoms with Gasteiger partial charge < -0.3 is 10.1 Å². The normalized spacial score (nSPS) is 19.9. The topological polar surface area (TPSA) is 114 Å². The van der Waals surface area contributed by atoms with E-state index in [4.69, 9.17) is 4.74 Å². The Morgan fingerprint density at radius 2 is 1.87 bits per heavy atom. The summed E-state index contributed by atoms with van der Waals surface area (Å²) < 4.78 is 32.1. The number of unbranched alkanes of at least 4 members (excludes halogenated alkanes) is 1. The molecule has 0 spiro atoms. The van der Waals surface area contributed by atoms with Crippen LogP contribution in [0.3, 0.4) is 0 Å². The van der Waals surface area contributed by atoms with Crippen molar-refractivity contribution >= 4 is 27.3 Å². The lowest BCUT2D eigenvalue weighted by molar-refractivity contribution is -0.120. The van der Waals surface area contributed by atoms with Crippen molar-refractivity contribution in [1.82, 2.24) is 4.72 Å². The van der Waals surface area contributed by atoms with Crippen molar-refractivity contribution in [1.29, 1.82) is 0 Å². The van der Waals surface area contributed by atoms with Crippen molar-refractivity contribution in [2.45, 2.75) is 77.0 Å². The van der Waals surface area contributed by atoms with Gasteiger partial charge in [0.1, 0.15) is 11.4 Å². The second-order valence-corrected chi connectivity index (χ2v) is 11.2. The number of rotatable bonds is 9. The number of carbonyl (C=O) groups is 1. The molecule has 0 atom stereocenters. The standard InChI is InChI=1S/C21H33N3O5S/c1-5-6-13-29-17-11-12-18(19(14-17)23-26)22-20(25)15-7-9-16(10-8-15)24-30(27,28)21(2,3)4/h11-12,14-16,24H,5-10,13H2,1-4H3,(H,22,25). The van der Waals surface area contributed by atoms with Crippen molar-refractivity contribution in [3.05, 3.63) is 23.1 Å². The Hall–Kier alpha value is -2.00. The fourth-order valence-corrected chi connectivity index (χ4v) is 4.25. The Morgan fingerprint density at radius 3 is 2.43 bits per heavy atom. The Morgan fingerprint density at radius 1 is 1.20 bits per heavy atom. The number of anilines is 1. The van der Waals surface area contributed by atoms with Gasteiger partial charge in [-0.15, -0.1) is 4.91 Å². The van der Waals surface area contributed by atoms with Gasteiger partial charge in [0.15, 0.2) is 0 Å². The molecule has 0 unspecified atom stereocenters. The second-order valence-electron chi connectivity index (χ2n) is 8.74. The summed E-state index contributed by atoms with van der Waals surface area (Å²) in [4.78, 5) is 23.9. The summed E-state index contributed by atoms with van der Waals surface area (Å²) in [6.45, 7) is 7.60. The van der Waals surface area contributed by atoms with Gasteiger partial charge in [-0.25, -0.2) is 13.1 Å². The number of hydrogen-bond acceptors (Lipinski definition) is 6. The molecule has 1 aliphatic rings. The molecule has 1 aromatic carbocycles. The Balaban J connectivity index is 1.92. The van der Waals surface area contributed by atoms with Crippen molar-refractivity contribution in [3.8, 4) is 5.75 Å². The zero-order valence-corrected chi connectivity index (χ0v) is 19.0. The van der Waals surface area contributed by atoms with Gasteiger partial charge in [-0.3, -0.25) is 4.79 Å². The minimum Gasteiger partial charge on any atom is -0.494 e. The zero-order chi connectivity index (χ0) is 22.4. The minimum atomic E-state index is -3.41. The number of benzene rings is 1. The Labute approximate surface area is 179 Å². The Kier molecular flexibility index (Phi) is 8.37. The molecular formula is C21H33N3O5S. The monoisotopic (exact) mass is 439 g/mol. The number of sulfonamides is 1. The molecule has 1 aliphatic carbocycles. The van der Waals surface area contributed by atoms with Gasteiger partial charge in [0.25, 0.3) is 0 Å². The Bertz CT molecular complexity index is 841. The maximum Gasteiger partial charge on any atom is 0.227 e. The van der Waals surface area contributed by atoms with E-state index in [1.165, 1.54) is 6.07 Å². The highest BCUT2D eigenvalue weighted by molar-refractivity contribution is 7.90. The SMILES string of the molecule is CCCCOc1ccc(NC(=O)C2CCC(NS(=O)(=O)C(C)(C)C)CC2)c(N=O)c1. The lowest BCUT2D eigenvalue weighted by Crippen LogP contribution is -2.46. The van der Waals surface area contributed by atoms with Crippen LogP contribution in [-0.4, -0.2) is 31.7 Å². The number of nitrogens with one attached hydrogen (secondary N) is 2. The number of carbonyl (C=O) groups excluding carboxylic acids is 1. The van der Waals surface area contributed by atoms with Crippen LogP contribution < -0.4 is 14.8 Å². The molecule has 0 heterocycles. The molecule has 30 heavy (non-hydrogen) atoms. The van der Waals surface area contributed by atoms with Crippen molar-refractivity contribution < 1.29 is 17.9 Å². The summed E-state index contributed by atoms with van der Waals surface area (Å²) in [5.74, 6) is 0.125. The quantitative estimate of drug-likeness (QED) is 0.435. The molecule has 1 fully saturated rings. The molecule has 0 aromatic heterocycles. The van der Waals surface area contributed by atoms with Gasteiger partial charge in [-0.1, -0.05) is 13.3 Å². The predicted molar refractivity (Wildman–Crippen MR) is 118 cm³/mol. The molecule has 2 rings (SSSR count). The summed E-state index contributed by atoms with van der Waals surface area (Å²) in [6.07, 6.45) is 4.26. The average Bonchev–Trinajstić information content (AvgIpc) is 2.68. The van der Waals surface area contributed by atoms with Crippen LogP contribution >= 0.6 is 0 Å². The minimum absolute atomic E-state index is 0.129. The lowest BCUT2D eigenvalue weighted by Gasteiger charge is -2.30. The van der Waals surface area contributed by atoms with E-state index in [9.17, 15) is 18.1 Å². The summed E-state index contributed by atoms with van der Waals surface area (Å²) in [5.41, 5.74) is 0.484. The van der Waals surface area contributed by atoms with E-state index >= 15 is 0 Å². The molecule has 8 nitrogen and oxygen atoms in total. The molecule has 2 N–H and O–H groups in total. The zero-order valence-electron chi connectivity index (χ0n) is 18.2. The first-order chi connectivity index (χ1) is 14.1. The van der Waals surface area contributed by atoms with Crippen molar-refractivity contribution in [2.75, 3.05) is 11.9 Å². The number of nitroso groups, excluding NO2 is 1. The van der Waals surface area contributed by atoms with Crippen LogP contribution in [0.4, 0.5) is 11.4 Å². The largest absolute Gasteiger partial charge is 0.494 e. The molecule has 1 saturated carbocycles. The summed E-state index contributed by atoms with van der Waals surface area (Å²) >= 11 is 0. The van der Waals surface area contributed by atoms with Crippen LogP contribution in [0.2, 0.25) is 0 Å². The van der Waals surface area contributed by atoms with Crippen molar-refractivity contribution in [2.24, 2.45) is 11.1 Å². The van der Waals surface area contributed by atoms with Crippen LogP contribution in [0, 0.1) is 10.8 Å². The van der Waals surface area contributed by atoms with E-state index in [0.717, 1.165) is 12.8 Å². The van der Waals surface area contributed by atoms with Crippen LogP contribution in [0.5, 0.6) is 5.75 Å². The second kappa shape index (κ2) is 10.3. The number of nitrogens with zero attached hydrogens (tertiary/aromatic N) is 1. The molecule has 0 saturated heterocycles. The highest BCUT2D eigenvalue weighted by Gasteiger charge is 2.34. The number of hydrogen-bond donors (Lipinski definition) is 2. The van der Waals surface area contributed by atoms with Crippen LogP contribution in [-0.2, 0) is 14.8 Å². The van der Waals surface area contributed by atoms with Gasteiger partial charge in [-0.2, -0.15) is 0 Å². The molecule has 1 aromatic rings. The lowest BCUT2D eigenvalue weighted by atomic mass is 9.86. The van der Waals surface area contributed by atoms with Gasteiger partial charge >= 0.3 is 0 Å². The molecular weight excluding hydrogens is 406 g/mol. The first kappa shape index (κ1) is 24.3. The van der Waals surface area contributed by atoms with E-state index in [2.05, 4.69) is 22.1 Å². The van der Waals surface area contributed by atoms with E-state index < -0.39 is 14.8 Å². The van der Waals surface area contributed by atoms with Crippen LogP contribution in [0.15, 0.2) is 23.4 Å². The molecule has 1 amide bonds. The first-order valence-electron chi connectivity index (χ1n) is 10.5. The van der Waals surface area contributed by atoms with Crippen LogP contribution in [0.1, 0.15) is 66.2 Å². The van der Waals surface area contributed by atoms with E-state index in [0.29, 0.717) is 43.7 Å². The third-order valence-electron chi connectivity index (χ3n) is 5.32. The predicted octanol–water partition coefficient (Wildman–Crippen LogP) is 4.48. The molecule has 0 bridgehead atoms. The van der Waals surface area contributed by atoms with E-state index in [-0.39, 0.29) is 23.6 Å². The highest BCUT2D eigenvalue weighted by Crippen LogP contribution is 2.32. The van der Waals surface area contributed by atoms with Gasteiger partial charge in [0.2, 0.25) is 15.9 Å². The third kappa shape index (κ3) is 6.50. The van der Waals surface area contributed by atoms with Gasteiger partial charge in [-0.05, 0) is 70.2 Å². The molecule has 168 valence electrons. The summed E-state index contributed by atoms with van der Waals surface area (Å²) in [5, 5.41) is 5.80. The number of amides is 1. The molecule has 0 radical (unpaired) electrons. The maximum atomic E-state index is 12.7. The van der Waals surface area contributed by atoms with Crippen molar-refractivity contribution in [3.63, 3.8) is 0 Å². The molecule has 9 heteroatoms.